The first-order chi connectivity index (χ1) is 12.2. The molecule has 1 fully saturated rings. The lowest BCUT2D eigenvalue weighted by molar-refractivity contribution is 0.104. The molecular formula is C23H25NO. The van der Waals surface area contributed by atoms with Gasteiger partial charge < -0.3 is 4.90 Å². The minimum Gasteiger partial charge on any atom is -0.377 e. The average molecular weight is 331 g/mol. The zero-order valence-corrected chi connectivity index (χ0v) is 14.8. The number of benzene rings is 2. The SMILES string of the molecule is Cc1ccc(C(=O)/C=C\C(=C/N2CCCCC2)c2ccccc2)cc1. The van der Waals surface area contributed by atoms with Crippen LogP contribution in [0.4, 0.5) is 0 Å². The summed E-state index contributed by atoms with van der Waals surface area (Å²) in [6.07, 6.45) is 9.63. The Balaban J connectivity index is 1.82. The second-order valence-electron chi connectivity index (χ2n) is 6.61. The quantitative estimate of drug-likeness (QED) is 0.423. The zero-order valence-electron chi connectivity index (χ0n) is 14.8. The van der Waals surface area contributed by atoms with Crippen LogP contribution in [0.2, 0.25) is 0 Å². The molecule has 128 valence electrons. The van der Waals surface area contributed by atoms with Gasteiger partial charge in [-0.15, -0.1) is 0 Å². The molecule has 1 heterocycles. The Labute approximate surface area is 150 Å². The van der Waals surface area contributed by atoms with Gasteiger partial charge >= 0.3 is 0 Å². The molecule has 0 atom stereocenters. The highest BCUT2D eigenvalue weighted by Crippen LogP contribution is 2.19. The Bertz CT molecular complexity index is 750. The number of carbonyl (C=O) groups excluding carboxylic acids is 1. The van der Waals surface area contributed by atoms with E-state index in [1.165, 1.54) is 19.3 Å². The molecule has 3 rings (SSSR count). The normalized spacial score (nSPS) is 15.6. The Morgan fingerprint density at radius 3 is 2.20 bits per heavy atom. The van der Waals surface area contributed by atoms with Gasteiger partial charge in [-0.2, -0.15) is 0 Å². The van der Waals surface area contributed by atoms with Gasteiger partial charge in [0.2, 0.25) is 0 Å². The van der Waals surface area contributed by atoms with E-state index in [-0.39, 0.29) is 5.78 Å². The molecule has 0 spiro atoms. The number of nitrogens with zero attached hydrogens (tertiary/aromatic N) is 1. The minimum atomic E-state index is 0.0421. The minimum absolute atomic E-state index is 0.0421. The van der Waals surface area contributed by atoms with Gasteiger partial charge in [-0.25, -0.2) is 0 Å². The van der Waals surface area contributed by atoms with Crippen molar-refractivity contribution in [3.05, 3.63) is 89.6 Å². The number of ketones is 1. The molecule has 1 saturated heterocycles. The van der Waals surface area contributed by atoms with E-state index in [1.54, 1.807) is 6.08 Å². The highest BCUT2D eigenvalue weighted by atomic mass is 16.1. The van der Waals surface area contributed by atoms with Gasteiger partial charge in [0.25, 0.3) is 0 Å². The standard InChI is InChI=1S/C23H25NO/c1-19-10-12-21(13-11-19)23(25)15-14-22(20-8-4-2-5-9-20)18-24-16-6-3-7-17-24/h2,4-5,8-15,18H,3,6-7,16-17H2,1H3/b15-14-,22-18+. The molecule has 0 saturated carbocycles. The topological polar surface area (TPSA) is 20.3 Å². The van der Waals surface area contributed by atoms with Gasteiger partial charge in [0.15, 0.2) is 5.78 Å². The maximum absolute atomic E-state index is 12.5. The van der Waals surface area contributed by atoms with E-state index in [4.69, 9.17) is 0 Å². The second-order valence-corrected chi connectivity index (χ2v) is 6.61. The Morgan fingerprint density at radius 1 is 0.840 bits per heavy atom. The van der Waals surface area contributed by atoms with Crippen molar-refractivity contribution in [2.24, 2.45) is 0 Å². The van der Waals surface area contributed by atoms with Crippen LogP contribution < -0.4 is 0 Å². The van der Waals surface area contributed by atoms with Crippen LogP contribution >= 0.6 is 0 Å². The van der Waals surface area contributed by atoms with E-state index in [2.05, 4.69) is 23.2 Å². The van der Waals surface area contributed by atoms with E-state index >= 15 is 0 Å². The summed E-state index contributed by atoms with van der Waals surface area (Å²) in [6.45, 7) is 4.21. The highest BCUT2D eigenvalue weighted by Gasteiger charge is 2.08. The summed E-state index contributed by atoms with van der Waals surface area (Å²) < 4.78 is 0. The summed E-state index contributed by atoms with van der Waals surface area (Å²) in [5.41, 5.74) is 4.12. The van der Waals surface area contributed by atoms with Gasteiger partial charge in [-0.3, -0.25) is 4.79 Å². The van der Waals surface area contributed by atoms with Crippen molar-refractivity contribution < 1.29 is 4.79 Å². The van der Waals surface area contributed by atoms with Crippen molar-refractivity contribution in [1.29, 1.82) is 0 Å². The predicted molar refractivity (Wildman–Crippen MR) is 104 cm³/mol. The fourth-order valence-corrected chi connectivity index (χ4v) is 3.07. The smallest absolute Gasteiger partial charge is 0.185 e. The molecule has 1 aliphatic rings. The molecule has 0 N–H and O–H groups in total. The molecule has 0 aromatic heterocycles. The van der Waals surface area contributed by atoms with Crippen LogP contribution in [-0.4, -0.2) is 23.8 Å². The summed E-state index contributed by atoms with van der Waals surface area (Å²) in [5, 5.41) is 0. The van der Waals surface area contributed by atoms with Crippen molar-refractivity contribution in [3.63, 3.8) is 0 Å². The Morgan fingerprint density at radius 2 is 1.52 bits per heavy atom. The highest BCUT2D eigenvalue weighted by molar-refractivity contribution is 6.05. The predicted octanol–water partition coefficient (Wildman–Crippen LogP) is 5.26. The van der Waals surface area contributed by atoms with Crippen LogP contribution in [0.1, 0.15) is 40.7 Å². The molecule has 0 aliphatic carbocycles. The molecule has 25 heavy (non-hydrogen) atoms. The number of aryl methyl sites for hydroxylation is 1. The fraction of sp³-hybridized carbons (Fsp3) is 0.261. The maximum atomic E-state index is 12.5. The van der Waals surface area contributed by atoms with E-state index < -0.39 is 0 Å². The molecule has 2 nitrogen and oxygen atoms in total. The van der Waals surface area contributed by atoms with Crippen molar-refractivity contribution in [3.8, 4) is 0 Å². The van der Waals surface area contributed by atoms with Crippen LogP contribution in [0.25, 0.3) is 5.57 Å². The van der Waals surface area contributed by atoms with Gasteiger partial charge in [-0.1, -0.05) is 60.2 Å². The van der Waals surface area contributed by atoms with Crippen LogP contribution in [0.3, 0.4) is 0 Å². The summed E-state index contributed by atoms with van der Waals surface area (Å²) in [7, 11) is 0. The van der Waals surface area contributed by atoms with Gasteiger partial charge in [-0.05, 0) is 49.5 Å². The second kappa shape index (κ2) is 8.48. The third-order valence-corrected chi connectivity index (χ3v) is 4.57. The molecule has 0 unspecified atom stereocenters. The van der Waals surface area contributed by atoms with Crippen LogP contribution in [0.5, 0.6) is 0 Å². The summed E-state index contributed by atoms with van der Waals surface area (Å²) >= 11 is 0. The molecule has 1 aliphatic heterocycles. The van der Waals surface area contributed by atoms with Crippen LogP contribution in [-0.2, 0) is 0 Å². The van der Waals surface area contributed by atoms with E-state index in [0.717, 1.165) is 35.4 Å². The monoisotopic (exact) mass is 331 g/mol. The first-order valence-corrected chi connectivity index (χ1v) is 9.03. The van der Waals surface area contributed by atoms with Gasteiger partial charge in [0.05, 0.1) is 0 Å². The van der Waals surface area contributed by atoms with Crippen molar-refractivity contribution in [2.45, 2.75) is 26.2 Å². The van der Waals surface area contributed by atoms with Crippen LogP contribution in [0.15, 0.2) is 72.9 Å². The Kier molecular flexibility index (Phi) is 5.84. The van der Waals surface area contributed by atoms with E-state index in [0.29, 0.717) is 0 Å². The zero-order chi connectivity index (χ0) is 17.5. The van der Waals surface area contributed by atoms with Crippen LogP contribution in [0, 0.1) is 6.92 Å². The number of rotatable bonds is 5. The average Bonchev–Trinajstić information content (AvgIpc) is 2.67. The lowest BCUT2D eigenvalue weighted by Gasteiger charge is -2.26. The molecule has 0 radical (unpaired) electrons. The number of likely N-dealkylation sites (tertiary alicyclic amines) is 1. The van der Waals surface area contributed by atoms with E-state index in [9.17, 15) is 4.79 Å². The largest absolute Gasteiger partial charge is 0.377 e. The molecule has 0 amide bonds. The third-order valence-electron chi connectivity index (χ3n) is 4.57. The lowest BCUT2D eigenvalue weighted by Crippen LogP contribution is -2.24. The maximum Gasteiger partial charge on any atom is 0.185 e. The number of hydrogen-bond donors (Lipinski definition) is 0. The molecule has 2 aromatic rings. The number of hydrogen-bond acceptors (Lipinski definition) is 2. The Hall–Kier alpha value is -2.61. The first kappa shape index (κ1) is 17.2. The van der Waals surface area contributed by atoms with E-state index in [1.807, 2.05) is 55.5 Å². The van der Waals surface area contributed by atoms with Gasteiger partial charge in [0, 0.05) is 24.9 Å². The third kappa shape index (κ3) is 4.93. The summed E-state index contributed by atoms with van der Waals surface area (Å²) in [6, 6.07) is 18.0. The number of carbonyl (C=O) groups is 1. The van der Waals surface area contributed by atoms with Gasteiger partial charge in [0.1, 0.15) is 0 Å². The molecular weight excluding hydrogens is 306 g/mol. The molecule has 2 heteroatoms. The summed E-state index contributed by atoms with van der Waals surface area (Å²) in [5.74, 6) is 0.0421. The number of allylic oxidation sites excluding steroid dienone is 3. The summed E-state index contributed by atoms with van der Waals surface area (Å²) in [4.78, 5) is 14.8. The molecule has 0 bridgehead atoms. The fourth-order valence-electron chi connectivity index (χ4n) is 3.07. The number of piperidine rings is 1. The van der Waals surface area contributed by atoms with Crippen molar-refractivity contribution >= 4 is 11.4 Å². The molecule has 2 aromatic carbocycles. The lowest BCUT2D eigenvalue weighted by atomic mass is 10.0. The van der Waals surface area contributed by atoms with Crippen molar-refractivity contribution in [1.82, 2.24) is 4.90 Å². The first-order valence-electron chi connectivity index (χ1n) is 9.03. The van der Waals surface area contributed by atoms with Crippen molar-refractivity contribution in [2.75, 3.05) is 13.1 Å².